The van der Waals surface area contributed by atoms with Crippen LogP contribution in [0.5, 0.6) is 0 Å². The van der Waals surface area contributed by atoms with Gasteiger partial charge in [0.05, 0.1) is 58.6 Å². The molecule has 21 aromatic carbocycles. The van der Waals surface area contributed by atoms with Gasteiger partial charge in [-0.25, -0.2) is 39.9 Å². The Bertz CT molecular complexity index is 9290. The monoisotopic (exact) mass is 1820 g/mol. The Hall–Kier alpha value is -19.1. The van der Waals surface area contributed by atoms with Gasteiger partial charge in [-0.05, 0) is 227 Å². The highest BCUT2D eigenvalue weighted by atomic mass is 15.1. The largest absolute Gasteiger partial charge is 0.292 e. The first-order valence-electron chi connectivity index (χ1n) is 48.7. The number of nitrogens with zero attached hydrogens (tertiary/aromatic N) is 11. The van der Waals surface area contributed by atoms with Crippen molar-refractivity contribution >= 4 is 97.7 Å². The lowest BCUT2D eigenvalue weighted by molar-refractivity contribution is 1.07. The van der Waals surface area contributed by atoms with Crippen LogP contribution in [0, 0.1) is 6.92 Å². The molecule has 27 aromatic rings. The highest BCUT2D eigenvalue weighted by Gasteiger charge is 2.24. The maximum atomic E-state index is 7.96. The molecule has 11 heteroatoms. The number of hydrogen-bond acceptors (Lipinski definition) is 8. The van der Waals surface area contributed by atoms with Gasteiger partial charge in [-0.15, -0.1) is 0 Å². The van der Waals surface area contributed by atoms with Gasteiger partial charge in [0.1, 0.15) is 17.5 Å². The van der Waals surface area contributed by atoms with Gasteiger partial charge >= 0.3 is 0 Å². The molecule has 0 bridgehead atoms. The van der Waals surface area contributed by atoms with Gasteiger partial charge in [-0.2, -0.15) is 0 Å². The minimum absolute atomic E-state index is 0.479. The smallest absolute Gasteiger partial charge is 0.164 e. The summed E-state index contributed by atoms with van der Waals surface area (Å²) in [6.45, 7) is 2.11. The molecule has 11 nitrogen and oxygen atoms in total. The predicted molar refractivity (Wildman–Crippen MR) is 587 cm³/mol. The van der Waals surface area contributed by atoms with Crippen molar-refractivity contribution < 1.29 is 2.74 Å². The molecule has 27 rings (SSSR count). The number of hydrogen-bond donors (Lipinski definition) is 0. The second-order valence-corrected chi connectivity index (χ2v) is 35.7. The zero-order chi connectivity index (χ0) is 96.1. The molecule has 6 aromatic heterocycles. The number of benzene rings is 21. The molecule has 0 N–H and O–H groups in total. The molecule has 0 radical (unpaired) electrons. The van der Waals surface area contributed by atoms with Crippen LogP contribution in [0.1, 0.15) is 8.30 Å². The van der Waals surface area contributed by atoms with E-state index in [1.165, 1.54) is 48.7 Å². The highest BCUT2D eigenvalue weighted by molar-refractivity contribution is 6.15. The van der Waals surface area contributed by atoms with Gasteiger partial charge in [0, 0.05) is 72.7 Å². The van der Waals surface area contributed by atoms with Crippen molar-refractivity contribution in [3.63, 3.8) is 0 Å². The van der Waals surface area contributed by atoms with Crippen molar-refractivity contribution in [2.45, 2.75) is 6.92 Å². The van der Waals surface area contributed by atoms with E-state index in [-0.39, 0.29) is 0 Å². The summed E-state index contributed by atoms with van der Waals surface area (Å²) >= 11 is 0. The Kier molecular flexibility index (Phi) is 21.4. The van der Waals surface area contributed by atoms with E-state index in [2.05, 4.69) is 403 Å². The van der Waals surface area contributed by atoms with Gasteiger partial charge in [0.15, 0.2) is 17.5 Å². The average molecular weight is 1820 g/mol. The summed E-state index contributed by atoms with van der Waals surface area (Å²) in [6.07, 6.45) is 0. The molecule has 0 fully saturated rings. The zero-order valence-corrected chi connectivity index (χ0v) is 77.3. The third-order valence-electron chi connectivity index (χ3n) is 26.8. The normalized spacial score (nSPS) is 11.6. The molecular weight excluding hydrogens is 1730 g/mol. The molecule has 0 aliphatic heterocycles. The van der Waals surface area contributed by atoms with Crippen LogP contribution in [0.15, 0.2) is 510 Å². The van der Waals surface area contributed by atoms with Crippen LogP contribution in [0.2, 0.25) is 0 Å². The highest BCUT2D eigenvalue weighted by Crippen LogP contribution is 2.43. The number of aryl methyl sites for hydroxylation is 1. The fraction of sp³-hybridized carbons (Fsp3) is 0.00763. The SMILES string of the molecule is Cc1ccc(-c2nc3ccccc3n2-c2ccc(-c3nc(-c4cc5ccccc5c5ccccc45)nc(-c4cc5ccccc5c5ccccc45)n3)cc2)cc1.[2H]c1ccc(-c2nc3ccccc3n2-c2ccc(-c3cc(-c4ccc5ccccc5c4)cc(-c4ccc5ccccc5c4)n3)cc2)cc1.[2H]c1ccc(-c2nc3ccccc3n2-c2ccc(-c3cc(-c4ccccc4)cc(-c4ccccc4)n3)cc2)cc1. The first-order chi connectivity index (χ1) is 71.0. The molecule has 0 unspecified atom stereocenters. The minimum Gasteiger partial charge on any atom is -0.292 e. The Balaban J connectivity index is 0.000000115. The summed E-state index contributed by atoms with van der Waals surface area (Å²) in [4.78, 5) is 41.2. The maximum Gasteiger partial charge on any atom is 0.164 e. The van der Waals surface area contributed by atoms with E-state index in [0.717, 1.165) is 190 Å². The lowest BCUT2D eigenvalue weighted by Crippen LogP contribution is -2.02. The standard InChI is InChI=1S/C51H33N5.C44H29N3.C36H25N3/c1-32-22-24-34(25-23-32)51-52-46-20-10-11-21-47(46)56(51)37-28-26-33(27-29-37)48-53-49(44-30-35-12-2-4-14-38(35)40-16-6-8-18-42(40)44)55-50(54-48)45-31-36-13-3-5-15-39(36)41-17-7-9-19-43(41)45;1-2-12-33(13-3-1)44-46-40-16-8-9-17-43(40)47(44)39-24-22-32(23-25-39)41-28-38(36-20-18-30-10-4-6-14-34(30)26-36)29-42(45-41)37-21-19-31-11-5-7-15-35(31)27-37;1-4-12-26(13-5-1)30-24-33(27-14-6-2-7-15-27)37-34(25-30)28-20-22-31(23-21-28)39-35-19-11-10-18-32(35)38-36(39)29-16-8-3-9-17-29/h2-31H,1H3;1-29H;1-25H/i;1D;3D. The Morgan fingerprint density at radius 1 is 0.176 bits per heavy atom. The van der Waals surface area contributed by atoms with Crippen molar-refractivity contribution in [1.29, 1.82) is 0 Å². The molecule has 0 aliphatic carbocycles. The lowest BCUT2D eigenvalue weighted by Gasteiger charge is -2.14. The van der Waals surface area contributed by atoms with Gasteiger partial charge in [0.2, 0.25) is 0 Å². The Morgan fingerprint density at radius 3 is 0.908 bits per heavy atom. The first kappa shape index (κ1) is 82.4. The molecule has 0 amide bonds. The van der Waals surface area contributed by atoms with Crippen LogP contribution >= 0.6 is 0 Å². The third kappa shape index (κ3) is 16.4. The van der Waals surface area contributed by atoms with Crippen LogP contribution in [0.25, 0.3) is 250 Å². The quantitative estimate of drug-likeness (QED) is 0.0932. The maximum absolute atomic E-state index is 7.96. The second kappa shape index (κ2) is 36.8. The van der Waals surface area contributed by atoms with Crippen LogP contribution in [0.4, 0.5) is 0 Å². The van der Waals surface area contributed by atoms with Crippen LogP contribution in [-0.2, 0) is 0 Å². The van der Waals surface area contributed by atoms with Crippen molar-refractivity contribution in [1.82, 2.24) is 53.6 Å². The second-order valence-electron chi connectivity index (χ2n) is 35.7. The number of aromatic nitrogens is 11. The van der Waals surface area contributed by atoms with Crippen molar-refractivity contribution in [3.05, 3.63) is 515 Å². The van der Waals surface area contributed by atoms with Gasteiger partial charge in [-0.1, -0.05) is 382 Å². The van der Waals surface area contributed by atoms with E-state index in [1.807, 2.05) is 103 Å². The molecule has 0 saturated carbocycles. The van der Waals surface area contributed by atoms with E-state index in [0.29, 0.717) is 29.6 Å². The van der Waals surface area contributed by atoms with Crippen LogP contribution in [0.3, 0.4) is 0 Å². The van der Waals surface area contributed by atoms with Gasteiger partial charge in [0.25, 0.3) is 0 Å². The lowest BCUT2D eigenvalue weighted by atomic mass is 9.96. The number of imidazole rings is 3. The summed E-state index contributed by atoms with van der Waals surface area (Å²) in [5, 5.41) is 14.1. The summed E-state index contributed by atoms with van der Waals surface area (Å²) in [6, 6.07) is 173. The van der Waals surface area contributed by atoms with Gasteiger partial charge < -0.3 is 0 Å². The molecule has 0 spiro atoms. The molecule has 0 atom stereocenters. The van der Waals surface area contributed by atoms with Crippen molar-refractivity contribution in [2.75, 3.05) is 0 Å². The van der Waals surface area contributed by atoms with E-state index in [9.17, 15) is 0 Å². The Morgan fingerprint density at radius 2 is 0.472 bits per heavy atom. The predicted octanol–water partition coefficient (Wildman–Crippen LogP) is 33.3. The van der Waals surface area contributed by atoms with E-state index < -0.39 is 0 Å². The number of para-hydroxylation sites is 6. The van der Waals surface area contributed by atoms with E-state index in [1.54, 1.807) is 12.1 Å². The zero-order valence-electron chi connectivity index (χ0n) is 79.3. The van der Waals surface area contributed by atoms with E-state index in [4.69, 9.17) is 42.6 Å². The van der Waals surface area contributed by atoms with E-state index >= 15 is 0 Å². The first-order valence-corrected chi connectivity index (χ1v) is 47.7. The van der Waals surface area contributed by atoms with Crippen LogP contribution in [-0.4, -0.2) is 53.6 Å². The fourth-order valence-corrected chi connectivity index (χ4v) is 19.7. The summed E-state index contributed by atoms with van der Waals surface area (Å²) in [7, 11) is 0. The summed E-state index contributed by atoms with van der Waals surface area (Å²) in [5.74, 6) is 4.48. The topological polar surface area (TPSA) is 118 Å². The molecule has 666 valence electrons. The third-order valence-corrected chi connectivity index (χ3v) is 26.8. The number of fused-ring (bicyclic) bond motifs is 11. The average Bonchev–Trinajstić information content (AvgIpc) is 1.25. The fourth-order valence-electron chi connectivity index (χ4n) is 19.7. The molecule has 142 heavy (non-hydrogen) atoms. The van der Waals surface area contributed by atoms with Crippen LogP contribution < -0.4 is 0 Å². The number of rotatable bonds is 15. The minimum atomic E-state index is 0.479. The molecular formula is C131H87N11. The summed E-state index contributed by atoms with van der Waals surface area (Å²) in [5.41, 5.74) is 28.6. The Labute approximate surface area is 823 Å². The molecule has 0 aliphatic rings. The molecule has 0 saturated heterocycles. The van der Waals surface area contributed by atoms with Gasteiger partial charge in [-0.3, -0.25) is 13.7 Å². The number of pyridine rings is 2. The van der Waals surface area contributed by atoms with Crippen molar-refractivity contribution in [3.8, 4) is 153 Å². The molecule has 6 heterocycles. The summed E-state index contributed by atoms with van der Waals surface area (Å²) < 4.78 is 22.5. The van der Waals surface area contributed by atoms with Crippen molar-refractivity contribution in [2.24, 2.45) is 0 Å².